The molecule has 0 saturated carbocycles. The van der Waals surface area contributed by atoms with Crippen molar-refractivity contribution in [2.75, 3.05) is 45.4 Å². The maximum Gasteiger partial charge on any atom is 0.227 e. The van der Waals surface area contributed by atoms with Crippen LogP contribution in [0.15, 0.2) is 18.2 Å². The molecule has 1 unspecified atom stereocenters. The molecule has 1 N–H and O–H groups in total. The Bertz CT molecular complexity index is 647. The highest BCUT2D eigenvalue weighted by atomic mass is 16.5. The van der Waals surface area contributed by atoms with Crippen molar-refractivity contribution in [2.45, 2.75) is 26.7 Å². The fourth-order valence-electron chi connectivity index (χ4n) is 2.97. The Morgan fingerprint density at radius 3 is 2.74 bits per heavy atom. The first kappa shape index (κ1) is 21.0. The standard InChI is InChI=1S/C20H30N2O5/c1-14(2)13-27-9-5-8-21-20(24)15-10-19(23)22(12-15)17-11-16(25-3)6-7-18(17)26-4/h6-7,11,14-15H,5,8-10,12-13H2,1-4H3,(H,21,24). The molecule has 1 saturated heterocycles. The molecule has 1 aliphatic heterocycles. The Kier molecular flexibility index (Phi) is 7.91. The van der Waals surface area contributed by atoms with Gasteiger partial charge in [-0.15, -0.1) is 0 Å². The lowest BCUT2D eigenvalue weighted by molar-refractivity contribution is -0.126. The van der Waals surface area contributed by atoms with Gasteiger partial charge in [-0.25, -0.2) is 0 Å². The van der Waals surface area contributed by atoms with Crippen LogP contribution in [0.1, 0.15) is 26.7 Å². The topological polar surface area (TPSA) is 77.1 Å². The molecule has 0 bridgehead atoms. The summed E-state index contributed by atoms with van der Waals surface area (Å²) in [5, 5.41) is 2.90. The van der Waals surface area contributed by atoms with E-state index in [1.807, 2.05) is 0 Å². The normalized spacial score (nSPS) is 16.7. The van der Waals surface area contributed by atoms with E-state index in [0.29, 0.717) is 42.8 Å². The Morgan fingerprint density at radius 1 is 1.30 bits per heavy atom. The second-order valence-corrected chi connectivity index (χ2v) is 7.06. The molecule has 1 aromatic rings. The molecule has 2 amide bonds. The summed E-state index contributed by atoms with van der Waals surface area (Å²) in [7, 11) is 3.12. The molecule has 7 nitrogen and oxygen atoms in total. The van der Waals surface area contributed by atoms with Crippen LogP contribution >= 0.6 is 0 Å². The predicted octanol–water partition coefficient (Wildman–Crippen LogP) is 2.24. The van der Waals surface area contributed by atoms with Crippen LogP contribution in [-0.4, -0.2) is 52.3 Å². The van der Waals surface area contributed by atoms with E-state index in [-0.39, 0.29) is 24.2 Å². The van der Waals surface area contributed by atoms with E-state index in [0.717, 1.165) is 13.0 Å². The van der Waals surface area contributed by atoms with Gasteiger partial charge in [0.05, 0.1) is 25.8 Å². The van der Waals surface area contributed by atoms with E-state index in [1.165, 1.54) is 0 Å². The van der Waals surface area contributed by atoms with Crippen molar-refractivity contribution in [1.82, 2.24) is 5.32 Å². The van der Waals surface area contributed by atoms with E-state index in [2.05, 4.69) is 19.2 Å². The maximum atomic E-state index is 12.5. The summed E-state index contributed by atoms with van der Waals surface area (Å²) in [6, 6.07) is 5.28. The van der Waals surface area contributed by atoms with E-state index < -0.39 is 0 Å². The van der Waals surface area contributed by atoms with Gasteiger partial charge in [0.15, 0.2) is 0 Å². The van der Waals surface area contributed by atoms with Crippen molar-refractivity contribution in [3.63, 3.8) is 0 Å². The fourth-order valence-corrected chi connectivity index (χ4v) is 2.97. The van der Waals surface area contributed by atoms with Crippen molar-refractivity contribution in [3.8, 4) is 11.5 Å². The molecule has 1 heterocycles. The number of nitrogens with zero attached hydrogens (tertiary/aromatic N) is 1. The number of benzene rings is 1. The molecule has 0 aliphatic carbocycles. The minimum Gasteiger partial charge on any atom is -0.497 e. The maximum absolute atomic E-state index is 12.5. The van der Waals surface area contributed by atoms with Gasteiger partial charge < -0.3 is 24.4 Å². The Labute approximate surface area is 161 Å². The van der Waals surface area contributed by atoms with Crippen LogP contribution < -0.4 is 19.7 Å². The third kappa shape index (κ3) is 5.85. The van der Waals surface area contributed by atoms with Gasteiger partial charge in [0.2, 0.25) is 11.8 Å². The molecule has 150 valence electrons. The summed E-state index contributed by atoms with van der Waals surface area (Å²) in [5.41, 5.74) is 0.624. The molecule has 0 radical (unpaired) electrons. The SMILES string of the molecule is COc1ccc(OC)c(N2CC(C(=O)NCCCOCC(C)C)CC2=O)c1. The zero-order chi connectivity index (χ0) is 19.8. The Balaban J connectivity index is 1.88. The number of hydrogen-bond acceptors (Lipinski definition) is 5. The van der Waals surface area contributed by atoms with Crippen molar-refractivity contribution < 1.29 is 23.8 Å². The highest BCUT2D eigenvalue weighted by molar-refractivity contribution is 6.01. The lowest BCUT2D eigenvalue weighted by Crippen LogP contribution is -2.34. The zero-order valence-corrected chi connectivity index (χ0v) is 16.6. The number of nitrogens with one attached hydrogen (secondary N) is 1. The van der Waals surface area contributed by atoms with Gasteiger partial charge in [-0.3, -0.25) is 9.59 Å². The van der Waals surface area contributed by atoms with Gasteiger partial charge in [-0.05, 0) is 24.5 Å². The number of hydrogen-bond donors (Lipinski definition) is 1. The van der Waals surface area contributed by atoms with Crippen molar-refractivity contribution >= 4 is 17.5 Å². The highest BCUT2D eigenvalue weighted by Crippen LogP contribution is 2.36. The molecule has 1 aliphatic rings. The van der Waals surface area contributed by atoms with Crippen molar-refractivity contribution in [2.24, 2.45) is 11.8 Å². The van der Waals surface area contributed by atoms with Gasteiger partial charge in [0, 0.05) is 38.8 Å². The van der Waals surface area contributed by atoms with Crippen LogP contribution in [0.3, 0.4) is 0 Å². The average molecular weight is 378 g/mol. The zero-order valence-electron chi connectivity index (χ0n) is 16.6. The number of rotatable bonds is 10. The van der Waals surface area contributed by atoms with Gasteiger partial charge in [-0.2, -0.15) is 0 Å². The van der Waals surface area contributed by atoms with Crippen LogP contribution in [0, 0.1) is 11.8 Å². The van der Waals surface area contributed by atoms with Gasteiger partial charge in [0.1, 0.15) is 11.5 Å². The summed E-state index contributed by atoms with van der Waals surface area (Å²) >= 11 is 0. The monoisotopic (exact) mass is 378 g/mol. The van der Waals surface area contributed by atoms with Crippen LogP contribution in [0.5, 0.6) is 11.5 Å². The predicted molar refractivity (Wildman–Crippen MR) is 103 cm³/mol. The van der Waals surface area contributed by atoms with E-state index in [4.69, 9.17) is 14.2 Å². The number of ether oxygens (including phenoxy) is 3. The highest BCUT2D eigenvalue weighted by Gasteiger charge is 2.36. The summed E-state index contributed by atoms with van der Waals surface area (Å²) in [6.07, 6.45) is 0.947. The number of anilines is 1. The number of carbonyl (C=O) groups excluding carboxylic acids is 2. The first-order valence-electron chi connectivity index (χ1n) is 9.34. The van der Waals surface area contributed by atoms with Crippen LogP contribution in [0.25, 0.3) is 0 Å². The summed E-state index contributed by atoms with van der Waals surface area (Å²) in [6.45, 7) is 6.42. The molecule has 2 rings (SSSR count). The van der Waals surface area contributed by atoms with Crippen molar-refractivity contribution in [3.05, 3.63) is 18.2 Å². The molecule has 1 fully saturated rings. The lowest BCUT2D eigenvalue weighted by atomic mass is 10.1. The molecular formula is C20H30N2O5. The second-order valence-electron chi connectivity index (χ2n) is 7.06. The minimum atomic E-state index is -0.370. The largest absolute Gasteiger partial charge is 0.497 e. The molecule has 0 spiro atoms. The molecule has 27 heavy (non-hydrogen) atoms. The number of carbonyl (C=O) groups is 2. The van der Waals surface area contributed by atoms with E-state index in [1.54, 1.807) is 37.3 Å². The third-order valence-corrected chi connectivity index (χ3v) is 4.39. The summed E-state index contributed by atoms with van der Waals surface area (Å²) < 4.78 is 16.1. The smallest absolute Gasteiger partial charge is 0.227 e. The minimum absolute atomic E-state index is 0.0954. The van der Waals surface area contributed by atoms with Crippen LogP contribution in [-0.2, 0) is 14.3 Å². The molecule has 1 aromatic carbocycles. The molecular weight excluding hydrogens is 348 g/mol. The summed E-state index contributed by atoms with van der Waals surface area (Å²) in [4.78, 5) is 26.5. The Morgan fingerprint density at radius 2 is 2.07 bits per heavy atom. The fraction of sp³-hybridized carbons (Fsp3) is 0.600. The quantitative estimate of drug-likeness (QED) is 0.632. The Hall–Kier alpha value is -2.28. The first-order valence-corrected chi connectivity index (χ1v) is 9.34. The number of methoxy groups -OCH3 is 2. The summed E-state index contributed by atoms with van der Waals surface area (Å²) in [5.74, 6) is 1.15. The molecule has 7 heteroatoms. The average Bonchev–Trinajstić information content (AvgIpc) is 3.05. The second kappa shape index (κ2) is 10.2. The third-order valence-electron chi connectivity index (χ3n) is 4.39. The molecule has 1 atom stereocenters. The van der Waals surface area contributed by atoms with Gasteiger partial charge >= 0.3 is 0 Å². The lowest BCUT2D eigenvalue weighted by Gasteiger charge is -2.20. The number of amides is 2. The van der Waals surface area contributed by atoms with Gasteiger partial charge in [0.25, 0.3) is 0 Å². The van der Waals surface area contributed by atoms with Gasteiger partial charge in [-0.1, -0.05) is 13.8 Å². The van der Waals surface area contributed by atoms with E-state index >= 15 is 0 Å². The first-order chi connectivity index (χ1) is 13.0. The van der Waals surface area contributed by atoms with E-state index in [9.17, 15) is 9.59 Å². The van der Waals surface area contributed by atoms with Crippen LogP contribution in [0.2, 0.25) is 0 Å². The van der Waals surface area contributed by atoms with Crippen LogP contribution in [0.4, 0.5) is 5.69 Å². The van der Waals surface area contributed by atoms with Crippen molar-refractivity contribution in [1.29, 1.82) is 0 Å². The molecule has 0 aromatic heterocycles.